The van der Waals surface area contributed by atoms with Gasteiger partial charge in [0.2, 0.25) is 0 Å². The van der Waals surface area contributed by atoms with E-state index in [9.17, 15) is 10.1 Å². The minimum absolute atomic E-state index is 0.0922. The molecule has 3 rings (SSSR count). The van der Waals surface area contributed by atoms with Gasteiger partial charge in [-0.2, -0.15) is 0 Å². The second-order valence-corrected chi connectivity index (χ2v) is 4.83. The SMILES string of the molecule is O=[N+]([O-])c1cccc(Nc2ccc3c(c2)CCCN3)c1. The normalized spacial score (nSPS) is 13.2. The first-order valence-electron chi connectivity index (χ1n) is 6.61. The van der Waals surface area contributed by atoms with Crippen molar-refractivity contribution in [3.05, 3.63) is 58.1 Å². The maximum absolute atomic E-state index is 10.8. The second kappa shape index (κ2) is 5.21. The average molecular weight is 269 g/mol. The van der Waals surface area contributed by atoms with Gasteiger partial charge in [-0.05, 0) is 42.7 Å². The molecule has 20 heavy (non-hydrogen) atoms. The molecular formula is C15H15N3O2. The first-order chi connectivity index (χ1) is 9.72. The number of rotatable bonds is 3. The number of benzene rings is 2. The van der Waals surface area contributed by atoms with Crippen molar-refractivity contribution in [1.29, 1.82) is 0 Å². The molecule has 2 N–H and O–H groups in total. The molecule has 0 fully saturated rings. The molecule has 0 aromatic heterocycles. The summed E-state index contributed by atoms with van der Waals surface area (Å²) in [6.45, 7) is 1.02. The van der Waals surface area contributed by atoms with Crippen LogP contribution in [0.3, 0.4) is 0 Å². The van der Waals surface area contributed by atoms with Gasteiger partial charge in [-0.15, -0.1) is 0 Å². The summed E-state index contributed by atoms with van der Waals surface area (Å²) in [6, 6.07) is 12.7. The molecule has 0 aliphatic carbocycles. The van der Waals surface area contributed by atoms with Gasteiger partial charge in [0, 0.05) is 35.7 Å². The van der Waals surface area contributed by atoms with Crippen LogP contribution < -0.4 is 10.6 Å². The Kier molecular flexibility index (Phi) is 3.25. The molecule has 2 aromatic rings. The van der Waals surface area contributed by atoms with E-state index >= 15 is 0 Å². The van der Waals surface area contributed by atoms with Crippen LogP contribution in [-0.4, -0.2) is 11.5 Å². The highest BCUT2D eigenvalue weighted by atomic mass is 16.6. The number of nitro benzene ring substituents is 1. The number of nitro groups is 1. The Bertz CT molecular complexity index is 655. The van der Waals surface area contributed by atoms with Gasteiger partial charge in [0.05, 0.1) is 4.92 Å². The lowest BCUT2D eigenvalue weighted by atomic mass is 10.0. The van der Waals surface area contributed by atoms with Crippen LogP contribution in [0.25, 0.3) is 0 Å². The zero-order valence-electron chi connectivity index (χ0n) is 10.9. The van der Waals surface area contributed by atoms with Crippen molar-refractivity contribution < 1.29 is 4.92 Å². The Morgan fingerprint density at radius 2 is 2.00 bits per heavy atom. The summed E-state index contributed by atoms with van der Waals surface area (Å²) in [6.07, 6.45) is 2.19. The predicted molar refractivity (Wildman–Crippen MR) is 79.6 cm³/mol. The fraction of sp³-hybridized carbons (Fsp3) is 0.200. The Hall–Kier alpha value is -2.56. The topological polar surface area (TPSA) is 67.2 Å². The smallest absolute Gasteiger partial charge is 0.271 e. The Labute approximate surface area is 116 Å². The lowest BCUT2D eigenvalue weighted by Gasteiger charge is -2.19. The number of anilines is 3. The van der Waals surface area contributed by atoms with E-state index in [-0.39, 0.29) is 10.6 Å². The van der Waals surface area contributed by atoms with Crippen LogP contribution in [0.15, 0.2) is 42.5 Å². The lowest BCUT2D eigenvalue weighted by molar-refractivity contribution is -0.384. The zero-order valence-corrected chi connectivity index (χ0v) is 10.9. The second-order valence-electron chi connectivity index (χ2n) is 4.83. The summed E-state index contributed by atoms with van der Waals surface area (Å²) in [4.78, 5) is 10.4. The molecule has 5 heteroatoms. The molecule has 1 aliphatic heterocycles. The molecule has 1 heterocycles. The van der Waals surface area contributed by atoms with Gasteiger partial charge in [-0.1, -0.05) is 6.07 Å². The predicted octanol–water partition coefficient (Wildman–Crippen LogP) is 3.70. The zero-order chi connectivity index (χ0) is 13.9. The van der Waals surface area contributed by atoms with Gasteiger partial charge >= 0.3 is 0 Å². The lowest BCUT2D eigenvalue weighted by Crippen LogP contribution is -2.11. The monoisotopic (exact) mass is 269 g/mol. The summed E-state index contributed by atoms with van der Waals surface area (Å²) < 4.78 is 0. The van der Waals surface area contributed by atoms with Crippen molar-refractivity contribution >= 4 is 22.7 Å². The quantitative estimate of drug-likeness (QED) is 0.658. The standard InChI is InChI=1S/C15H15N3O2/c19-18(20)14-5-1-4-12(10-14)17-13-6-7-15-11(9-13)3-2-8-16-15/h1,4-7,9-10,16-17H,2-3,8H2. The van der Waals surface area contributed by atoms with Gasteiger partial charge in [0.1, 0.15) is 0 Å². The number of hydrogen-bond acceptors (Lipinski definition) is 4. The molecule has 2 aromatic carbocycles. The molecule has 0 unspecified atom stereocenters. The van der Waals surface area contributed by atoms with E-state index in [4.69, 9.17) is 0 Å². The van der Waals surface area contributed by atoms with Gasteiger partial charge in [-0.25, -0.2) is 0 Å². The molecule has 0 amide bonds. The van der Waals surface area contributed by atoms with Crippen LogP contribution >= 0.6 is 0 Å². The molecule has 102 valence electrons. The van der Waals surface area contributed by atoms with E-state index < -0.39 is 0 Å². The molecule has 0 saturated heterocycles. The van der Waals surface area contributed by atoms with Crippen LogP contribution in [0.2, 0.25) is 0 Å². The number of nitrogens with zero attached hydrogens (tertiary/aromatic N) is 1. The van der Waals surface area contributed by atoms with E-state index in [1.54, 1.807) is 6.07 Å². The van der Waals surface area contributed by atoms with Crippen molar-refractivity contribution in [2.45, 2.75) is 12.8 Å². The van der Waals surface area contributed by atoms with Crippen LogP contribution in [0.4, 0.5) is 22.7 Å². The highest BCUT2D eigenvalue weighted by Crippen LogP contribution is 2.27. The summed E-state index contributed by atoms with van der Waals surface area (Å²) >= 11 is 0. The van der Waals surface area contributed by atoms with Gasteiger partial charge in [0.15, 0.2) is 0 Å². The van der Waals surface area contributed by atoms with Crippen LogP contribution in [0, 0.1) is 10.1 Å². The Morgan fingerprint density at radius 3 is 2.85 bits per heavy atom. The minimum Gasteiger partial charge on any atom is -0.385 e. The number of nitrogens with one attached hydrogen (secondary N) is 2. The van der Waals surface area contributed by atoms with Gasteiger partial charge < -0.3 is 10.6 Å². The summed E-state index contributed by atoms with van der Waals surface area (Å²) in [5.74, 6) is 0. The van der Waals surface area contributed by atoms with Gasteiger partial charge in [-0.3, -0.25) is 10.1 Å². The summed E-state index contributed by atoms with van der Waals surface area (Å²) in [7, 11) is 0. The number of hydrogen-bond donors (Lipinski definition) is 2. The highest BCUT2D eigenvalue weighted by Gasteiger charge is 2.10. The molecule has 0 bridgehead atoms. The number of fused-ring (bicyclic) bond motifs is 1. The molecule has 0 saturated carbocycles. The first-order valence-corrected chi connectivity index (χ1v) is 6.61. The minimum atomic E-state index is -0.387. The Balaban J connectivity index is 1.84. The van der Waals surface area contributed by atoms with Crippen molar-refractivity contribution in [1.82, 2.24) is 0 Å². The van der Waals surface area contributed by atoms with Crippen molar-refractivity contribution in [3.63, 3.8) is 0 Å². The largest absolute Gasteiger partial charge is 0.385 e. The summed E-state index contributed by atoms with van der Waals surface area (Å²) in [5.41, 5.74) is 4.23. The maximum atomic E-state index is 10.8. The maximum Gasteiger partial charge on any atom is 0.271 e. The highest BCUT2D eigenvalue weighted by molar-refractivity contribution is 5.67. The average Bonchev–Trinajstić information content (AvgIpc) is 2.47. The molecule has 5 nitrogen and oxygen atoms in total. The molecule has 0 atom stereocenters. The fourth-order valence-corrected chi connectivity index (χ4v) is 2.42. The molecule has 1 aliphatic rings. The first kappa shape index (κ1) is 12.5. The van der Waals surface area contributed by atoms with E-state index in [0.29, 0.717) is 0 Å². The third-order valence-electron chi connectivity index (χ3n) is 3.39. The van der Waals surface area contributed by atoms with Crippen LogP contribution in [-0.2, 0) is 6.42 Å². The number of non-ortho nitro benzene ring substituents is 1. The summed E-state index contributed by atoms with van der Waals surface area (Å²) in [5, 5.41) is 17.3. The third kappa shape index (κ3) is 2.56. The number of aryl methyl sites for hydroxylation is 1. The van der Waals surface area contributed by atoms with E-state index in [2.05, 4.69) is 16.7 Å². The van der Waals surface area contributed by atoms with Crippen molar-refractivity contribution in [2.24, 2.45) is 0 Å². The van der Waals surface area contributed by atoms with Crippen LogP contribution in [0.5, 0.6) is 0 Å². The molecule has 0 radical (unpaired) electrons. The van der Waals surface area contributed by atoms with Crippen molar-refractivity contribution in [3.8, 4) is 0 Å². The Morgan fingerprint density at radius 1 is 1.15 bits per heavy atom. The van der Waals surface area contributed by atoms with Gasteiger partial charge in [0.25, 0.3) is 5.69 Å². The van der Waals surface area contributed by atoms with E-state index in [0.717, 1.165) is 30.8 Å². The van der Waals surface area contributed by atoms with Crippen LogP contribution in [0.1, 0.15) is 12.0 Å². The fourth-order valence-electron chi connectivity index (χ4n) is 2.42. The third-order valence-corrected chi connectivity index (χ3v) is 3.39. The van der Waals surface area contributed by atoms with E-state index in [1.165, 1.54) is 23.4 Å². The van der Waals surface area contributed by atoms with E-state index in [1.807, 2.05) is 18.2 Å². The molecular weight excluding hydrogens is 254 g/mol. The van der Waals surface area contributed by atoms with Crippen molar-refractivity contribution in [2.75, 3.05) is 17.2 Å². The molecule has 0 spiro atoms.